The first-order valence-corrected chi connectivity index (χ1v) is 8.06. The minimum Gasteiger partial charge on any atom is -0.349 e. The molecule has 0 aromatic carbocycles. The summed E-state index contributed by atoms with van der Waals surface area (Å²) in [5.41, 5.74) is 0. The highest BCUT2D eigenvalue weighted by Crippen LogP contribution is 2.32. The Bertz CT molecular complexity index is 370. The molecule has 5 heteroatoms. The molecule has 1 N–H and O–H groups in total. The van der Waals surface area contributed by atoms with Crippen LogP contribution in [0.15, 0.2) is 14.3 Å². The van der Waals surface area contributed by atoms with E-state index in [9.17, 15) is 4.79 Å². The highest BCUT2D eigenvalue weighted by molar-refractivity contribution is 9.13. The van der Waals surface area contributed by atoms with E-state index in [1.54, 1.807) is 0 Å². The first-order chi connectivity index (χ1) is 7.90. The predicted molar refractivity (Wildman–Crippen MR) is 80.7 cm³/mol. The molecule has 0 fully saturated rings. The van der Waals surface area contributed by atoms with Crippen LogP contribution in [-0.4, -0.2) is 11.9 Å². The van der Waals surface area contributed by atoms with Gasteiger partial charge < -0.3 is 5.32 Å². The van der Waals surface area contributed by atoms with E-state index in [2.05, 4.69) is 57.9 Å². The smallest absolute Gasteiger partial charge is 0.261 e. The standard InChI is InChI=1S/C12H17Br2NOS/c1-7(2)4-5-8(3)15-12(16)10-6-9(13)11(14)17-10/h6-8H,4-5H2,1-3H3,(H,15,16)/t8-/m0/s1. The summed E-state index contributed by atoms with van der Waals surface area (Å²) in [6.45, 7) is 6.45. The maximum absolute atomic E-state index is 11.9. The first-order valence-electron chi connectivity index (χ1n) is 5.65. The van der Waals surface area contributed by atoms with Crippen molar-refractivity contribution in [2.75, 3.05) is 0 Å². The first kappa shape index (κ1) is 15.2. The third-order valence-corrected chi connectivity index (χ3v) is 5.68. The SMILES string of the molecule is CC(C)CC[C@H](C)NC(=O)c1cc(Br)c(Br)s1. The van der Waals surface area contributed by atoms with Gasteiger partial charge in [-0.2, -0.15) is 0 Å². The van der Waals surface area contributed by atoms with E-state index < -0.39 is 0 Å². The molecule has 96 valence electrons. The Labute approximate surface area is 123 Å². The van der Waals surface area contributed by atoms with Gasteiger partial charge in [-0.15, -0.1) is 11.3 Å². The van der Waals surface area contributed by atoms with Gasteiger partial charge in [0.1, 0.15) is 0 Å². The van der Waals surface area contributed by atoms with Crippen molar-refractivity contribution < 1.29 is 4.79 Å². The molecule has 1 rings (SSSR count). The van der Waals surface area contributed by atoms with Crippen molar-refractivity contribution in [3.8, 4) is 0 Å². The van der Waals surface area contributed by atoms with Crippen molar-refractivity contribution in [2.24, 2.45) is 5.92 Å². The number of halogens is 2. The number of carbonyl (C=O) groups is 1. The van der Waals surface area contributed by atoms with Gasteiger partial charge in [0.05, 0.1) is 8.66 Å². The molecule has 0 bridgehead atoms. The fraction of sp³-hybridized carbons (Fsp3) is 0.583. The van der Waals surface area contributed by atoms with E-state index in [1.165, 1.54) is 11.3 Å². The summed E-state index contributed by atoms with van der Waals surface area (Å²) in [7, 11) is 0. The van der Waals surface area contributed by atoms with Crippen LogP contribution in [0.5, 0.6) is 0 Å². The lowest BCUT2D eigenvalue weighted by Crippen LogP contribution is -2.32. The van der Waals surface area contributed by atoms with E-state index >= 15 is 0 Å². The average molecular weight is 383 g/mol. The number of carbonyl (C=O) groups excluding carboxylic acids is 1. The number of hydrogen-bond acceptors (Lipinski definition) is 2. The molecule has 1 atom stereocenters. The Hall–Kier alpha value is 0.130. The Kier molecular flexibility index (Phi) is 6.17. The van der Waals surface area contributed by atoms with Gasteiger partial charge in [0.2, 0.25) is 0 Å². The van der Waals surface area contributed by atoms with Gasteiger partial charge in [-0.25, -0.2) is 0 Å². The maximum atomic E-state index is 11.9. The zero-order valence-electron chi connectivity index (χ0n) is 10.2. The average Bonchev–Trinajstić information content (AvgIpc) is 2.56. The molecule has 0 radical (unpaired) electrons. The fourth-order valence-electron chi connectivity index (χ4n) is 1.41. The van der Waals surface area contributed by atoms with Gasteiger partial charge in [0.15, 0.2) is 0 Å². The van der Waals surface area contributed by atoms with Gasteiger partial charge in [-0.1, -0.05) is 13.8 Å². The molecule has 0 aliphatic rings. The van der Waals surface area contributed by atoms with Crippen LogP contribution < -0.4 is 5.32 Å². The van der Waals surface area contributed by atoms with Crippen LogP contribution in [0.3, 0.4) is 0 Å². The molecule has 0 aliphatic heterocycles. The second-order valence-electron chi connectivity index (χ2n) is 4.58. The Morgan fingerprint density at radius 3 is 2.47 bits per heavy atom. The largest absolute Gasteiger partial charge is 0.349 e. The Balaban J connectivity index is 2.48. The van der Waals surface area contributed by atoms with Crippen LogP contribution in [-0.2, 0) is 0 Å². The summed E-state index contributed by atoms with van der Waals surface area (Å²) in [6.07, 6.45) is 2.16. The summed E-state index contributed by atoms with van der Waals surface area (Å²) in [5, 5.41) is 3.02. The van der Waals surface area contributed by atoms with Crippen LogP contribution in [0, 0.1) is 5.92 Å². The van der Waals surface area contributed by atoms with E-state index in [0.717, 1.165) is 26.0 Å². The lowest BCUT2D eigenvalue weighted by atomic mass is 10.0. The predicted octanol–water partition coefficient (Wildman–Crippen LogP) is 4.83. The number of thiophene rings is 1. The van der Waals surface area contributed by atoms with Crippen molar-refractivity contribution in [1.29, 1.82) is 0 Å². The molecular weight excluding hydrogens is 366 g/mol. The molecule has 0 saturated carbocycles. The molecule has 2 nitrogen and oxygen atoms in total. The summed E-state index contributed by atoms with van der Waals surface area (Å²) in [6, 6.07) is 2.07. The Morgan fingerprint density at radius 2 is 2.00 bits per heavy atom. The van der Waals surface area contributed by atoms with Crippen LogP contribution in [0.2, 0.25) is 0 Å². The van der Waals surface area contributed by atoms with Gasteiger partial charge in [0.25, 0.3) is 5.91 Å². The Morgan fingerprint density at radius 1 is 1.35 bits per heavy atom. The minimum absolute atomic E-state index is 0.0117. The second kappa shape index (κ2) is 6.90. The normalized spacial score (nSPS) is 12.8. The van der Waals surface area contributed by atoms with Crippen molar-refractivity contribution in [3.63, 3.8) is 0 Å². The minimum atomic E-state index is 0.0117. The molecule has 1 heterocycles. The van der Waals surface area contributed by atoms with Crippen LogP contribution in [0.25, 0.3) is 0 Å². The summed E-state index contributed by atoms with van der Waals surface area (Å²) < 4.78 is 1.89. The molecule has 1 aromatic rings. The molecule has 17 heavy (non-hydrogen) atoms. The van der Waals surface area contributed by atoms with Gasteiger partial charge >= 0.3 is 0 Å². The topological polar surface area (TPSA) is 29.1 Å². The molecule has 0 saturated heterocycles. The van der Waals surface area contributed by atoms with Crippen molar-refractivity contribution in [2.45, 2.75) is 39.7 Å². The monoisotopic (exact) mass is 381 g/mol. The molecule has 1 aromatic heterocycles. The van der Waals surface area contributed by atoms with Crippen LogP contribution in [0.1, 0.15) is 43.3 Å². The number of hydrogen-bond donors (Lipinski definition) is 1. The highest BCUT2D eigenvalue weighted by Gasteiger charge is 2.14. The molecular formula is C12H17Br2NOS. The summed E-state index contributed by atoms with van der Waals surface area (Å²) in [4.78, 5) is 12.7. The van der Waals surface area contributed by atoms with Crippen LogP contribution in [0.4, 0.5) is 0 Å². The number of rotatable bonds is 5. The van der Waals surface area contributed by atoms with Crippen molar-refractivity contribution in [3.05, 3.63) is 19.2 Å². The third kappa shape index (κ3) is 5.10. The molecule has 1 amide bonds. The fourth-order valence-corrected chi connectivity index (χ4v) is 3.35. The van der Waals surface area contributed by atoms with E-state index in [4.69, 9.17) is 0 Å². The second-order valence-corrected chi connectivity index (χ2v) is 7.80. The molecule has 0 aliphatic carbocycles. The summed E-state index contributed by atoms with van der Waals surface area (Å²) >= 11 is 8.22. The van der Waals surface area contributed by atoms with Crippen LogP contribution >= 0.6 is 43.2 Å². The maximum Gasteiger partial charge on any atom is 0.261 e. The van der Waals surface area contributed by atoms with Crippen molar-refractivity contribution >= 4 is 49.1 Å². The van der Waals surface area contributed by atoms with Crippen molar-refractivity contribution in [1.82, 2.24) is 5.32 Å². The lowest BCUT2D eigenvalue weighted by Gasteiger charge is -2.14. The van der Waals surface area contributed by atoms with Gasteiger partial charge in [0, 0.05) is 10.5 Å². The third-order valence-electron chi connectivity index (χ3n) is 2.42. The highest BCUT2D eigenvalue weighted by atomic mass is 79.9. The van der Waals surface area contributed by atoms with Gasteiger partial charge in [-0.05, 0) is 63.6 Å². The van der Waals surface area contributed by atoms with E-state index in [1.807, 2.05) is 6.07 Å². The lowest BCUT2D eigenvalue weighted by molar-refractivity contribution is 0.0941. The zero-order valence-corrected chi connectivity index (χ0v) is 14.2. The number of amides is 1. The molecule has 0 unspecified atom stereocenters. The number of nitrogens with one attached hydrogen (secondary N) is 1. The quantitative estimate of drug-likeness (QED) is 0.776. The zero-order chi connectivity index (χ0) is 13.0. The molecule has 0 spiro atoms. The summed E-state index contributed by atoms with van der Waals surface area (Å²) in [5.74, 6) is 0.692. The van der Waals surface area contributed by atoms with E-state index in [0.29, 0.717) is 5.92 Å². The van der Waals surface area contributed by atoms with E-state index in [-0.39, 0.29) is 11.9 Å². The van der Waals surface area contributed by atoms with Gasteiger partial charge in [-0.3, -0.25) is 4.79 Å².